The molecule has 34 heavy (non-hydrogen) atoms. The van der Waals surface area contributed by atoms with Crippen LogP contribution in [0, 0.1) is 12.7 Å². The first kappa shape index (κ1) is 23.1. The number of aliphatic hydroxyl groups excluding tert-OH is 1. The van der Waals surface area contributed by atoms with Crippen LogP contribution in [0.25, 0.3) is 6.08 Å². The van der Waals surface area contributed by atoms with Gasteiger partial charge in [-0.3, -0.25) is 14.5 Å². The standard InChI is InChI=1S/C25H19FN2O5S/c1-14-22(24(32)33-2)34-25(27-14)28-20(16-10-6-7-11-17(16)26)19(21(30)23(28)31)18(29)13-12-15-8-4-3-5-9-15/h3-13,20,30H,1-2H3/b13-12+. The first-order valence-electron chi connectivity index (χ1n) is 10.2. The van der Waals surface area contributed by atoms with Gasteiger partial charge in [0.1, 0.15) is 16.7 Å². The van der Waals surface area contributed by atoms with Crippen molar-refractivity contribution in [3.63, 3.8) is 0 Å². The van der Waals surface area contributed by atoms with E-state index >= 15 is 0 Å². The second-order valence-corrected chi connectivity index (χ2v) is 8.35. The lowest BCUT2D eigenvalue weighted by Gasteiger charge is -2.24. The SMILES string of the molecule is COC(=O)c1sc(N2C(=O)C(O)=C(C(=O)/C=C/c3ccccc3)C2c2ccccc2F)nc1C. The van der Waals surface area contributed by atoms with Gasteiger partial charge in [-0.2, -0.15) is 0 Å². The van der Waals surface area contributed by atoms with Gasteiger partial charge in [-0.05, 0) is 24.6 Å². The minimum absolute atomic E-state index is 0.00355. The fourth-order valence-electron chi connectivity index (χ4n) is 3.64. The van der Waals surface area contributed by atoms with Crippen LogP contribution in [0.4, 0.5) is 9.52 Å². The Bertz CT molecular complexity index is 1350. The molecule has 7 nitrogen and oxygen atoms in total. The average molecular weight is 479 g/mol. The maximum Gasteiger partial charge on any atom is 0.350 e. The Morgan fingerprint density at radius 2 is 1.82 bits per heavy atom. The number of ketones is 1. The molecule has 2 aromatic carbocycles. The summed E-state index contributed by atoms with van der Waals surface area (Å²) in [7, 11) is 1.22. The molecule has 0 radical (unpaired) electrons. The van der Waals surface area contributed by atoms with Crippen LogP contribution < -0.4 is 4.90 Å². The highest BCUT2D eigenvalue weighted by Crippen LogP contribution is 2.43. The van der Waals surface area contributed by atoms with E-state index in [2.05, 4.69) is 4.98 Å². The number of esters is 1. The number of aryl methyl sites for hydroxylation is 1. The molecule has 4 rings (SSSR count). The molecule has 0 saturated heterocycles. The molecule has 172 valence electrons. The van der Waals surface area contributed by atoms with Crippen molar-refractivity contribution < 1.29 is 28.6 Å². The van der Waals surface area contributed by atoms with Gasteiger partial charge in [-0.1, -0.05) is 65.9 Å². The molecule has 0 fully saturated rings. The third-order valence-electron chi connectivity index (χ3n) is 5.26. The van der Waals surface area contributed by atoms with Gasteiger partial charge in [-0.25, -0.2) is 14.2 Å². The summed E-state index contributed by atoms with van der Waals surface area (Å²) in [5, 5.41) is 10.7. The van der Waals surface area contributed by atoms with E-state index in [1.165, 1.54) is 37.5 Å². The van der Waals surface area contributed by atoms with Crippen LogP contribution in [0.2, 0.25) is 0 Å². The molecular formula is C25H19FN2O5S. The highest BCUT2D eigenvalue weighted by molar-refractivity contribution is 7.17. The lowest BCUT2D eigenvalue weighted by Crippen LogP contribution is -2.31. The van der Waals surface area contributed by atoms with Crippen LogP contribution in [0.5, 0.6) is 0 Å². The minimum atomic E-state index is -1.28. The summed E-state index contributed by atoms with van der Waals surface area (Å²) in [6.07, 6.45) is 2.76. The summed E-state index contributed by atoms with van der Waals surface area (Å²) >= 11 is 0.853. The van der Waals surface area contributed by atoms with E-state index in [1.807, 2.05) is 6.07 Å². The molecule has 9 heteroatoms. The summed E-state index contributed by atoms with van der Waals surface area (Å²) in [5.41, 5.74) is 0.756. The number of aromatic nitrogens is 1. The number of benzene rings is 2. The van der Waals surface area contributed by atoms with Crippen molar-refractivity contribution in [1.29, 1.82) is 0 Å². The summed E-state index contributed by atoms with van der Waals surface area (Å²) < 4.78 is 19.6. The minimum Gasteiger partial charge on any atom is -0.503 e. The zero-order chi connectivity index (χ0) is 24.4. The van der Waals surface area contributed by atoms with E-state index in [0.29, 0.717) is 5.69 Å². The Morgan fingerprint density at radius 1 is 1.15 bits per heavy atom. The van der Waals surface area contributed by atoms with Crippen molar-refractivity contribution in [2.24, 2.45) is 0 Å². The third kappa shape index (κ3) is 4.13. The van der Waals surface area contributed by atoms with Crippen molar-refractivity contribution >= 4 is 40.2 Å². The molecule has 1 atom stereocenters. The highest BCUT2D eigenvalue weighted by Gasteiger charge is 2.46. The Labute approximate surface area is 198 Å². The van der Waals surface area contributed by atoms with Crippen LogP contribution in [-0.4, -0.2) is 34.9 Å². The molecule has 1 aliphatic rings. The Hall–Kier alpha value is -4.11. The number of methoxy groups -OCH3 is 1. The quantitative estimate of drug-likeness (QED) is 0.412. The maximum atomic E-state index is 14.9. The predicted molar refractivity (Wildman–Crippen MR) is 125 cm³/mol. The van der Waals surface area contributed by atoms with Crippen molar-refractivity contribution in [2.45, 2.75) is 13.0 Å². The second-order valence-electron chi connectivity index (χ2n) is 7.37. The van der Waals surface area contributed by atoms with E-state index in [-0.39, 0.29) is 21.1 Å². The third-order valence-corrected chi connectivity index (χ3v) is 6.40. The monoisotopic (exact) mass is 478 g/mol. The number of hydrogen-bond acceptors (Lipinski definition) is 7. The van der Waals surface area contributed by atoms with Gasteiger partial charge in [0.25, 0.3) is 5.91 Å². The topological polar surface area (TPSA) is 96.8 Å². The number of carbonyl (C=O) groups excluding carboxylic acids is 3. The molecule has 0 aliphatic carbocycles. The fourth-order valence-corrected chi connectivity index (χ4v) is 4.65. The molecule has 3 aromatic rings. The smallest absolute Gasteiger partial charge is 0.350 e. The van der Waals surface area contributed by atoms with Crippen molar-refractivity contribution in [3.8, 4) is 0 Å². The second kappa shape index (κ2) is 9.40. The highest BCUT2D eigenvalue weighted by atomic mass is 32.1. The van der Waals surface area contributed by atoms with Crippen LogP contribution in [0.3, 0.4) is 0 Å². The first-order chi connectivity index (χ1) is 16.3. The number of hydrogen-bond donors (Lipinski definition) is 1. The van der Waals surface area contributed by atoms with Gasteiger partial charge in [-0.15, -0.1) is 0 Å². The number of anilines is 1. The molecule has 0 spiro atoms. The summed E-state index contributed by atoms with van der Waals surface area (Å²) in [6.45, 7) is 1.56. The van der Waals surface area contributed by atoms with Gasteiger partial charge in [0, 0.05) is 5.56 Å². The summed E-state index contributed by atoms with van der Waals surface area (Å²) in [4.78, 5) is 43.8. The van der Waals surface area contributed by atoms with Crippen LogP contribution in [0.15, 0.2) is 72.0 Å². The number of amides is 1. The number of rotatable bonds is 6. The Balaban J connectivity index is 1.82. The van der Waals surface area contributed by atoms with Crippen molar-refractivity contribution in [2.75, 3.05) is 12.0 Å². The van der Waals surface area contributed by atoms with Gasteiger partial charge >= 0.3 is 5.97 Å². The average Bonchev–Trinajstić information content (AvgIpc) is 3.34. The fraction of sp³-hybridized carbons (Fsp3) is 0.120. The number of allylic oxidation sites excluding steroid dienone is 1. The Kier molecular flexibility index (Phi) is 6.38. The molecule has 2 heterocycles. The summed E-state index contributed by atoms with van der Waals surface area (Å²) in [5.74, 6) is -3.70. The van der Waals surface area contributed by atoms with Gasteiger partial charge in [0.05, 0.1) is 18.4 Å². The first-order valence-corrected chi connectivity index (χ1v) is 11.0. The molecule has 1 N–H and O–H groups in total. The van der Waals surface area contributed by atoms with E-state index < -0.39 is 35.3 Å². The number of nitrogens with zero attached hydrogens (tertiary/aromatic N) is 2. The number of carbonyl (C=O) groups is 3. The van der Waals surface area contributed by atoms with E-state index in [4.69, 9.17) is 4.74 Å². The van der Waals surface area contributed by atoms with Crippen LogP contribution in [-0.2, 0) is 14.3 Å². The van der Waals surface area contributed by atoms with Crippen LogP contribution >= 0.6 is 11.3 Å². The summed E-state index contributed by atoms with van der Waals surface area (Å²) in [6, 6.07) is 13.4. The zero-order valence-corrected chi connectivity index (χ0v) is 19.0. The van der Waals surface area contributed by atoms with Gasteiger partial charge < -0.3 is 9.84 Å². The lowest BCUT2D eigenvalue weighted by atomic mass is 9.95. The molecule has 1 aliphatic heterocycles. The lowest BCUT2D eigenvalue weighted by molar-refractivity contribution is -0.117. The zero-order valence-electron chi connectivity index (χ0n) is 18.2. The van der Waals surface area contributed by atoms with Crippen LogP contribution in [0.1, 0.15) is 32.5 Å². The molecule has 1 aromatic heterocycles. The van der Waals surface area contributed by atoms with Crippen molar-refractivity contribution in [3.05, 3.63) is 99.5 Å². The number of ether oxygens (including phenoxy) is 1. The molecule has 1 amide bonds. The molecular weight excluding hydrogens is 459 g/mol. The normalized spacial score (nSPS) is 15.9. The van der Waals surface area contributed by atoms with E-state index in [9.17, 15) is 23.9 Å². The molecule has 0 bridgehead atoms. The predicted octanol–water partition coefficient (Wildman–Crippen LogP) is 4.56. The molecule has 1 unspecified atom stereocenters. The van der Waals surface area contributed by atoms with Gasteiger partial charge in [0.2, 0.25) is 0 Å². The molecule has 0 saturated carbocycles. The number of thiazole rings is 1. The number of aliphatic hydroxyl groups is 1. The largest absolute Gasteiger partial charge is 0.503 e. The van der Waals surface area contributed by atoms with Gasteiger partial charge in [0.15, 0.2) is 16.7 Å². The van der Waals surface area contributed by atoms with Crippen molar-refractivity contribution in [1.82, 2.24) is 4.98 Å². The number of halogens is 1. The Morgan fingerprint density at radius 3 is 2.50 bits per heavy atom. The maximum absolute atomic E-state index is 14.9. The van der Waals surface area contributed by atoms with E-state index in [0.717, 1.165) is 21.8 Å². The van der Waals surface area contributed by atoms with E-state index in [1.54, 1.807) is 37.3 Å².